The Kier molecular flexibility index (Phi) is 9.96. The van der Waals surface area contributed by atoms with E-state index in [1.165, 1.54) is 0 Å². The third-order valence-corrected chi connectivity index (χ3v) is 1.33. The highest BCUT2D eigenvalue weighted by Crippen LogP contribution is 1.81. The normalized spacial score (nSPS) is 8.20. The third-order valence-electron chi connectivity index (χ3n) is 1.33. The summed E-state index contributed by atoms with van der Waals surface area (Å²) in [5, 5.41) is 0. The number of nitrogens with zero attached hydrogens (tertiary/aromatic N) is 3. The molecule has 0 amide bonds. The molecule has 0 spiro atoms. The van der Waals surface area contributed by atoms with Gasteiger partial charge in [-0.3, -0.25) is 0 Å². The molecule has 15 heavy (non-hydrogen) atoms. The number of H-pyrrole nitrogens is 1. The standard InChI is InChI=1S/C5H8N2.C3H4N2.C2H6S/c1-2-7-4-3-6-5-7;1-2-5-3-4-1;1-2-3/h3-5H,2H2,1H3;1-3H,(H,4,5);3H,2H2,1H3. The second kappa shape index (κ2) is 10.8. The predicted octanol–water partition coefficient (Wildman–Crippen LogP) is 2.25. The van der Waals surface area contributed by atoms with Crippen molar-refractivity contribution >= 4 is 12.6 Å². The highest BCUT2D eigenvalue weighted by Gasteiger charge is 1.77. The van der Waals surface area contributed by atoms with E-state index in [-0.39, 0.29) is 0 Å². The third kappa shape index (κ3) is 9.08. The van der Waals surface area contributed by atoms with Gasteiger partial charge in [0.25, 0.3) is 0 Å². The van der Waals surface area contributed by atoms with Gasteiger partial charge in [-0.05, 0) is 12.7 Å². The van der Waals surface area contributed by atoms with Gasteiger partial charge in [-0.25, -0.2) is 9.97 Å². The first-order valence-electron chi connectivity index (χ1n) is 4.84. The molecule has 0 aliphatic carbocycles. The molecule has 2 heterocycles. The van der Waals surface area contributed by atoms with Crippen molar-refractivity contribution in [1.29, 1.82) is 0 Å². The molecule has 1 N–H and O–H groups in total. The Labute approximate surface area is 96.2 Å². The summed E-state index contributed by atoms with van der Waals surface area (Å²) in [4.78, 5) is 10.3. The molecule has 0 radical (unpaired) electrons. The zero-order valence-electron chi connectivity index (χ0n) is 9.17. The van der Waals surface area contributed by atoms with E-state index in [4.69, 9.17) is 0 Å². The Morgan fingerprint density at radius 2 is 2.00 bits per heavy atom. The number of hydrogen-bond donors (Lipinski definition) is 2. The number of aryl methyl sites for hydroxylation is 1. The summed E-state index contributed by atoms with van der Waals surface area (Å²) in [5.74, 6) is 0.944. The number of thiol groups is 1. The van der Waals surface area contributed by atoms with E-state index in [1.54, 1.807) is 31.2 Å². The van der Waals surface area contributed by atoms with E-state index < -0.39 is 0 Å². The Balaban J connectivity index is 0.000000216. The molecule has 0 aromatic carbocycles. The van der Waals surface area contributed by atoms with Crippen molar-refractivity contribution < 1.29 is 0 Å². The quantitative estimate of drug-likeness (QED) is 0.733. The molecule has 0 aliphatic rings. The van der Waals surface area contributed by atoms with Crippen LogP contribution in [-0.4, -0.2) is 25.3 Å². The number of imidazole rings is 2. The van der Waals surface area contributed by atoms with Crippen LogP contribution in [0.1, 0.15) is 13.8 Å². The van der Waals surface area contributed by atoms with Gasteiger partial charge < -0.3 is 9.55 Å². The summed E-state index contributed by atoms with van der Waals surface area (Å²) in [6, 6.07) is 0. The van der Waals surface area contributed by atoms with Gasteiger partial charge in [0.05, 0.1) is 12.7 Å². The molecule has 2 aromatic rings. The lowest BCUT2D eigenvalue weighted by atomic mass is 10.7. The number of nitrogens with one attached hydrogen (secondary N) is 1. The zero-order chi connectivity index (χ0) is 11.4. The number of rotatable bonds is 1. The summed E-state index contributed by atoms with van der Waals surface area (Å²) < 4.78 is 2.01. The molecule has 0 saturated carbocycles. The molecule has 0 aliphatic heterocycles. The largest absolute Gasteiger partial charge is 0.351 e. The Hall–Kier alpha value is -1.23. The van der Waals surface area contributed by atoms with Crippen LogP contribution < -0.4 is 0 Å². The molecule has 84 valence electrons. The maximum absolute atomic E-state index is 3.86. The van der Waals surface area contributed by atoms with Crippen LogP contribution in [0.5, 0.6) is 0 Å². The van der Waals surface area contributed by atoms with E-state index in [9.17, 15) is 0 Å². The summed E-state index contributed by atoms with van der Waals surface area (Å²) in [6.45, 7) is 5.09. The van der Waals surface area contributed by atoms with E-state index in [0.717, 1.165) is 12.3 Å². The van der Waals surface area contributed by atoms with E-state index in [0.29, 0.717) is 0 Å². The van der Waals surface area contributed by atoms with Crippen molar-refractivity contribution in [3.8, 4) is 0 Å². The smallest absolute Gasteiger partial charge is 0.0945 e. The Morgan fingerprint density at radius 3 is 2.20 bits per heavy atom. The zero-order valence-corrected chi connectivity index (χ0v) is 10.1. The first kappa shape index (κ1) is 13.8. The van der Waals surface area contributed by atoms with Crippen LogP contribution in [0, 0.1) is 0 Å². The number of aromatic nitrogens is 4. The van der Waals surface area contributed by atoms with Crippen molar-refractivity contribution in [2.45, 2.75) is 20.4 Å². The van der Waals surface area contributed by atoms with Crippen molar-refractivity contribution in [2.75, 3.05) is 5.75 Å². The lowest BCUT2D eigenvalue weighted by Crippen LogP contribution is -1.85. The maximum Gasteiger partial charge on any atom is 0.0945 e. The molecule has 5 heteroatoms. The van der Waals surface area contributed by atoms with Gasteiger partial charge in [0, 0.05) is 31.3 Å². The van der Waals surface area contributed by atoms with Gasteiger partial charge >= 0.3 is 0 Å². The van der Waals surface area contributed by atoms with Crippen LogP contribution in [0.2, 0.25) is 0 Å². The average molecular weight is 226 g/mol. The molecule has 2 rings (SSSR count). The van der Waals surface area contributed by atoms with Crippen LogP contribution in [0.25, 0.3) is 0 Å². The van der Waals surface area contributed by atoms with Crippen molar-refractivity contribution in [3.05, 3.63) is 37.4 Å². The second-order valence-electron chi connectivity index (χ2n) is 2.47. The SMILES string of the molecule is CCS.CCn1ccnc1.c1c[nH]cn1. The average Bonchev–Trinajstić information content (AvgIpc) is 2.96. The predicted molar refractivity (Wildman–Crippen MR) is 66.0 cm³/mol. The summed E-state index contributed by atoms with van der Waals surface area (Å²) in [7, 11) is 0. The van der Waals surface area contributed by atoms with E-state index in [1.807, 2.05) is 17.7 Å². The van der Waals surface area contributed by atoms with Crippen molar-refractivity contribution in [1.82, 2.24) is 19.5 Å². The summed E-state index contributed by atoms with van der Waals surface area (Å²) >= 11 is 3.79. The fraction of sp³-hybridized carbons (Fsp3) is 0.400. The maximum atomic E-state index is 3.86. The first-order chi connectivity index (χ1) is 7.35. The fourth-order valence-corrected chi connectivity index (χ4v) is 0.689. The molecule has 0 unspecified atom stereocenters. The van der Waals surface area contributed by atoms with Gasteiger partial charge in [0.2, 0.25) is 0 Å². The molecular formula is C10H18N4S. The lowest BCUT2D eigenvalue weighted by Gasteiger charge is -1.87. The minimum atomic E-state index is 0.944. The van der Waals surface area contributed by atoms with Crippen LogP contribution in [0.4, 0.5) is 0 Å². The molecule has 0 bridgehead atoms. The molecular weight excluding hydrogens is 208 g/mol. The topological polar surface area (TPSA) is 46.5 Å². The highest BCUT2D eigenvalue weighted by molar-refractivity contribution is 7.80. The number of aromatic amines is 1. The molecule has 0 atom stereocenters. The minimum Gasteiger partial charge on any atom is -0.351 e. The fourth-order valence-electron chi connectivity index (χ4n) is 0.689. The molecule has 2 aromatic heterocycles. The van der Waals surface area contributed by atoms with E-state index in [2.05, 4.69) is 34.5 Å². The van der Waals surface area contributed by atoms with Gasteiger partial charge in [0.1, 0.15) is 0 Å². The molecule has 0 fully saturated rings. The van der Waals surface area contributed by atoms with Crippen LogP contribution in [-0.2, 0) is 6.54 Å². The van der Waals surface area contributed by atoms with E-state index >= 15 is 0 Å². The van der Waals surface area contributed by atoms with Gasteiger partial charge in [-0.2, -0.15) is 12.6 Å². The van der Waals surface area contributed by atoms with Gasteiger partial charge in [0.15, 0.2) is 0 Å². The summed E-state index contributed by atoms with van der Waals surface area (Å²) in [6.07, 6.45) is 10.6. The Morgan fingerprint density at radius 1 is 1.27 bits per heavy atom. The van der Waals surface area contributed by atoms with Crippen LogP contribution in [0.3, 0.4) is 0 Å². The van der Waals surface area contributed by atoms with Crippen LogP contribution >= 0.6 is 12.6 Å². The monoisotopic (exact) mass is 226 g/mol. The minimum absolute atomic E-state index is 0.944. The highest BCUT2D eigenvalue weighted by atomic mass is 32.1. The van der Waals surface area contributed by atoms with Crippen molar-refractivity contribution in [3.63, 3.8) is 0 Å². The summed E-state index contributed by atoms with van der Waals surface area (Å²) in [5.41, 5.74) is 0. The second-order valence-corrected chi connectivity index (χ2v) is 3.10. The van der Waals surface area contributed by atoms with Crippen molar-refractivity contribution in [2.24, 2.45) is 0 Å². The van der Waals surface area contributed by atoms with Crippen LogP contribution in [0.15, 0.2) is 37.4 Å². The Bertz CT molecular complexity index is 261. The first-order valence-corrected chi connectivity index (χ1v) is 5.47. The molecule has 0 saturated heterocycles. The van der Waals surface area contributed by atoms with Gasteiger partial charge in [-0.1, -0.05) is 6.92 Å². The lowest BCUT2D eigenvalue weighted by molar-refractivity contribution is 0.761. The van der Waals surface area contributed by atoms with Gasteiger partial charge in [-0.15, -0.1) is 0 Å². The number of hydrogen-bond acceptors (Lipinski definition) is 3. The molecule has 4 nitrogen and oxygen atoms in total.